The third-order valence-corrected chi connectivity index (χ3v) is 12.8. The van der Waals surface area contributed by atoms with Crippen LogP contribution in [0.4, 0.5) is 38.9 Å². The maximum Gasteiger partial charge on any atom is 0.323 e. The van der Waals surface area contributed by atoms with Gasteiger partial charge in [-0.05, 0) is 58.4 Å². The van der Waals surface area contributed by atoms with Gasteiger partial charge >= 0.3 is 17.8 Å². The standard InChI is InChI=1S/C41H36N10O19S2/c1-40(2,3)19-11-23-29(52)17-31(37(54)44-46-71(65,66)33-9-7-21(48(57)58)15-27(33)50(61)62)69-35(23)25(13-19)42-39(56)43-26-14-20(41(4,5)6)12-24-30(53)18-32(70-36(24)26)38(55)45-47-72(67,68)34-10-8-22(49(59)60)16-28(34)51(63)64/h7-18,46-47H,1-6H3,(H,44,54)(H,45,55)(H2,42,43,56). The van der Waals surface area contributed by atoms with Crippen molar-refractivity contribution in [3.8, 4) is 0 Å². The summed E-state index contributed by atoms with van der Waals surface area (Å²) in [6.45, 7) is 10.5. The highest BCUT2D eigenvalue weighted by Gasteiger charge is 2.32. The molecule has 0 atom stereocenters. The molecule has 6 aromatic rings. The maximum absolute atomic E-state index is 14.0. The molecule has 0 aliphatic heterocycles. The van der Waals surface area contributed by atoms with E-state index in [2.05, 4.69) is 10.6 Å². The van der Waals surface area contributed by atoms with E-state index < -0.39 is 134 Å². The number of amides is 4. The fraction of sp³-hybridized carbons (Fsp3) is 0.195. The van der Waals surface area contributed by atoms with Crippen molar-refractivity contribution in [1.29, 1.82) is 0 Å². The van der Waals surface area contributed by atoms with Crippen LogP contribution in [0.25, 0.3) is 21.9 Å². The van der Waals surface area contributed by atoms with Gasteiger partial charge in [0.2, 0.25) is 0 Å². The summed E-state index contributed by atoms with van der Waals surface area (Å²) in [5, 5.41) is 50.1. The Bertz CT molecular complexity index is 3490. The van der Waals surface area contributed by atoms with Crippen LogP contribution in [-0.2, 0) is 30.9 Å². The maximum atomic E-state index is 14.0. The highest BCUT2D eigenvalue weighted by atomic mass is 32.2. The molecule has 0 unspecified atom stereocenters. The van der Waals surface area contributed by atoms with Crippen molar-refractivity contribution in [2.75, 3.05) is 10.6 Å². The lowest BCUT2D eigenvalue weighted by Crippen LogP contribution is -2.42. The Morgan fingerprint density at radius 3 is 1.17 bits per heavy atom. The summed E-state index contributed by atoms with van der Waals surface area (Å²) in [5.41, 5.74) is -4.28. The molecule has 72 heavy (non-hydrogen) atoms. The molecule has 0 saturated carbocycles. The van der Waals surface area contributed by atoms with E-state index in [1.165, 1.54) is 24.3 Å². The molecular weight excluding hydrogens is 1000 g/mol. The fourth-order valence-electron chi connectivity index (χ4n) is 6.51. The smallest absolute Gasteiger partial charge is 0.323 e. The minimum Gasteiger partial charge on any atom is -0.448 e. The molecule has 0 saturated heterocycles. The number of hydrazine groups is 2. The van der Waals surface area contributed by atoms with E-state index in [-0.39, 0.29) is 22.1 Å². The first-order chi connectivity index (χ1) is 33.3. The van der Waals surface area contributed by atoms with Gasteiger partial charge in [0.15, 0.2) is 43.3 Å². The lowest BCUT2D eigenvalue weighted by Gasteiger charge is -2.22. The van der Waals surface area contributed by atoms with E-state index in [0.717, 1.165) is 0 Å². The molecule has 31 heteroatoms. The van der Waals surface area contributed by atoms with Gasteiger partial charge in [0.05, 0.1) is 54.0 Å². The average molecular weight is 1040 g/mol. The zero-order valence-corrected chi connectivity index (χ0v) is 39.4. The zero-order valence-electron chi connectivity index (χ0n) is 37.8. The highest BCUT2D eigenvalue weighted by Crippen LogP contribution is 2.35. The van der Waals surface area contributed by atoms with Crippen LogP contribution in [0.2, 0.25) is 0 Å². The highest BCUT2D eigenvalue weighted by molar-refractivity contribution is 7.90. The number of nitrogens with zero attached hydrogens (tertiary/aromatic N) is 4. The molecular formula is C41H36N10O19S2. The second-order valence-corrected chi connectivity index (χ2v) is 20.6. The number of nitro benzene ring substituents is 4. The van der Waals surface area contributed by atoms with Crippen molar-refractivity contribution in [3.05, 3.63) is 156 Å². The Hall–Kier alpha value is -9.07. The molecule has 6 rings (SSSR count). The second kappa shape index (κ2) is 19.0. The third kappa shape index (κ3) is 11.0. The Morgan fingerprint density at radius 2 is 0.861 bits per heavy atom. The zero-order chi connectivity index (χ0) is 53.6. The van der Waals surface area contributed by atoms with Crippen LogP contribution in [0.1, 0.15) is 73.8 Å². The summed E-state index contributed by atoms with van der Waals surface area (Å²) >= 11 is 0. The van der Waals surface area contributed by atoms with Gasteiger partial charge in [0.25, 0.3) is 42.8 Å². The summed E-state index contributed by atoms with van der Waals surface area (Å²) in [6.07, 6.45) is 0. The van der Waals surface area contributed by atoms with Gasteiger partial charge in [-0.2, -0.15) is 0 Å². The Balaban J connectivity index is 1.34. The molecule has 0 radical (unpaired) electrons. The van der Waals surface area contributed by atoms with Gasteiger partial charge in [0, 0.05) is 24.3 Å². The topological polar surface area (TPSA) is 425 Å². The molecule has 2 aromatic heterocycles. The summed E-state index contributed by atoms with van der Waals surface area (Å²) in [5.74, 6) is -4.58. The van der Waals surface area contributed by atoms with Gasteiger partial charge < -0.3 is 19.5 Å². The summed E-state index contributed by atoms with van der Waals surface area (Å²) in [7, 11) is -10.0. The monoisotopic (exact) mass is 1040 g/mol. The summed E-state index contributed by atoms with van der Waals surface area (Å²) in [6, 6.07) is 9.01. The van der Waals surface area contributed by atoms with Crippen LogP contribution in [-0.4, -0.2) is 54.4 Å². The van der Waals surface area contributed by atoms with Gasteiger partial charge in [-0.3, -0.25) is 70.5 Å². The van der Waals surface area contributed by atoms with Crippen molar-refractivity contribution < 1.29 is 59.7 Å². The molecule has 376 valence electrons. The van der Waals surface area contributed by atoms with Gasteiger partial charge in [-0.1, -0.05) is 41.5 Å². The summed E-state index contributed by atoms with van der Waals surface area (Å²) in [4.78, 5) is 110. The van der Waals surface area contributed by atoms with E-state index in [9.17, 15) is 81.3 Å². The number of nitrogens with one attached hydrogen (secondary N) is 6. The minimum absolute atomic E-state index is 0.197. The Labute approximate surface area is 402 Å². The van der Waals surface area contributed by atoms with Crippen LogP contribution in [0.3, 0.4) is 0 Å². The number of carbonyl (C=O) groups is 3. The Morgan fingerprint density at radius 1 is 0.514 bits per heavy atom. The number of hydrogen-bond donors (Lipinski definition) is 6. The number of sulfonamides is 2. The first-order valence-corrected chi connectivity index (χ1v) is 23.1. The van der Waals surface area contributed by atoms with Crippen LogP contribution in [0.5, 0.6) is 0 Å². The normalized spacial score (nSPS) is 12.0. The minimum atomic E-state index is -5.02. The van der Waals surface area contributed by atoms with Crippen LogP contribution in [0.15, 0.2) is 101 Å². The van der Waals surface area contributed by atoms with Crippen molar-refractivity contribution >= 4 is 94.0 Å². The Kier molecular flexibility index (Phi) is 13.8. The van der Waals surface area contributed by atoms with E-state index in [0.29, 0.717) is 59.7 Å². The van der Waals surface area contributed by atoms with Crippen LogP contribution in [0, 0.1) is 40.5 Å². The SMILES string of the molecule is CC(C)(C)c1cc(NC(=O)Nc2cc(C(C)(C)C)cc3c(=O)cc(C(=O)NNS(=O)(=O)c4ccc([N+](=O)[O-])cc4[N+](=O)[O-])oc23)c2oc(C(=O)NNS(=O)(=O)c3ccc([N+](=O)[O-])cc3[N+](=O)[O-])cc(=O)c2c1. The van der Waals surface area contributed by atoms with Gasteiger partial charge in [0.1, 0.15) is 0 Å². The first kappa shape index (κ1) is 52.3. The fourth-order valence-corrected chi connectivity index (χ4v) is 8.49. The molecule has 4 aromatic carbocycles. The lowest BCUT2D eigenvalue weighted by molar-refractivity contribution is -0.396. The molecule has 2 heterocycles. The molecule has 0 fully saturated rings. The number of rotatable bonds is 14. The number of benzene rings is 4. The van der Waals surface area contributed by atoms with E-state index >= 15 is 0 Å². The van der Waals surface area contributed by atoms with Crippen molar-refractivity contribution in [2.45, 2.75) is 62.2 Å². The largest absolute Gasteiger partial charge is 0.448 e. The second-order valence-electron chi connectivity index (χ2n) is 17.3. The van der Waals surface area contributed by atoms with Crippen molar-refractivity contribution in [3.63, 3.8) is 0 Å². The molecule has 0 aliphatic carbocycles. The van der Waals surface area contributed by atoms with Crippen molar-refractivity contribution in [2.24, 2.45) is 0 Å². The summed E-state index contributed by atoms with van der Waals surface area (Å²) < 4.78 is 63.7. The third-order valence-electron chi connectivity index (χ3n) is 10.2. The molecule has 29 nitrogen and oxygen atoms in total. The average Bonchev–Trinajstić information content (AvgIpc) is 3.28. The molecule has 4 amide bonds. The van der Waals surface area contributed by atoms with Crippen LogP contribution >= 0.6 is 0 Å². The number of non-ortho nitro benzene ring substituents is 2. The number of hydrogen-bond acceptors (Lipinski definition) is 19. The molecule has 6 N–H and O–H groups in total. The van der Waals surface area contributed by atoms with E-state index in [4.69, 9.17) is 8.83 Å². The number of carbonyl (C=O) groups excluding carboxylic acids is 3. The predicted molar refractivity (Wildman–Crippen MR) is 250 cm³/mol. The quantitative estimate of drug-likeness (QED) is 0.0616. The van der Waals surface area contributed by atoms with Gasteiger partial charge in [-0.15, -0.1) is 9.66 Å². The molecule has 0 aliphatic rings. The predicted octanol–water partition coefficient (Wildman–Crippen LogP) is 5.02. The number of urea groups is 1. The lowest BCUT2D eigenvalue weighted by atomic mass is 9.86. The number of fused-ring (bicyclic) bond motifs is 2. The van der Waals surface area contributed by atoms with Crippen molar-refractivity contribution in [1.82, 2.24) is 20.5 Å². The molecule has 0 spiro atoms. The van der Waals surface area contributed by atoms with E-state index in [1.807, 2.05) is 0 Å². The first-order valence-electron chi connectivity index (χ1n) is 20.1. The van der Waals surface area contributed by atoms with E-state index in [1.54, 1.807) is 62.1 Å². The van der Waals surface area contributed by atoms with Gasteiger partial charge in [-0.25, -0.2) is 21.6 Å². The molecule has 0 bridgehead atoms. The number of nitro groups is 4. The number of anilines is 2. The van der Waals surface area contributed by atoms with Crippen LogP contribution < -0.4 is 42.0 Å².